The average molecular weight is 327 g/mol. The van der Waals surface area contributed by atoms with Crippen molar-refractivity contribution in [2.75, 3.05) is 0 Å². The van der Waals surface area contributed by atoms with Crippen LogP contribution in [0.3, 0.4) is 0 Å². The van der Waals surface area contributed by atoms with Crippen molar-refractivity contribution in [3.63, 3.8) is 0 Å². The molecule has 0 aliphatic carbocycles. The molecule has 0 fully saturated rings. The van der Waals surface area contributed by atoms with Gasteiger partial charge in [0.25, 0.3) is 5.11 Å². The van der Waals surface area contributed by atoms with E-state index < -0.39 is 0 Å². The Morgan fingerprint density at radius 3 is 2.25 bits per heavy atom. The monoisotopic (exact) mass is 326 g/mol. The van der Waals surface area contributed by atoms with Crippen LogP contribution < -0.4 is 16.2 Å². The molecule has 4 N–H and O–H groups in total. The molecule has 104 valence electrons. The molecule has 3 nitrogen and oxygen atoms in total. The van der Waals surface area contributed by atoms with Gasteiger partial charge in [0.05, 0.1) is 10.0 Å². The van der Waals surface area contributed by atoms with E-state index in [4.69, 9.17) is 47.0 Å². The van der Waals surface area contributed by atoms with E-state index in [1.165, 1.54) is 0 Å². The summed E-state index contributed by atoms with van der Waals surface area (Å²) in [7, 11) is 0. The van der Waals surface area contributed by atoms with Gasteiger partial charge in [0.15, 0.2) is 5.69 Å². The van der Waals surface area contributed by atoms with E-state index in [1.54, 1.807) is 18.2 Å². The van der Waals surface area contributed by atoms with Crippen molar-refractivity contribution in [3.8, 4) is 0 Å². The third-order valence-corrected chi connectivity index (χ3v) is 4.10. The Morgan fingerprint density at radius 2 is 1.70 bits per heavy atom. The molecule has 2 aromatic rings. The van der Waals surface area contributed by atoms with Crippen molar-refractivity contribution >= 4 is 46.2 Å². The molecule has 2 rings (SSSR count). The third-order valence-electron chi connectivity index (χ3n) is 3.03. The van der Waals surface area contributed by atoms with Gasteiger partial charge in [-0.15, -0.1) is 0 Å². The van der Waals surface area contributed by atoms with Gasteiger partial charge in [0.1, 0.15) is 6.54 Å². The average Bonchev–Trinajstić information content (AvgIpc) is 2.42. The molecule has 0 aliphatic rings. The lowest BCUT2D eigenvalue weighted by Crippen LogP contribution is -2.61. The zero-order valence-corrected chi connectivity index (χ0v) is 12.9. The number of nitrogens with zero attached hydrogens (tertiary/aromatic N) is 1. The van der Waals surface area contributed by atoms with Crippen molar-refractivity contribution in [3.05, 3.63) is 64.1 Å². The van der Waals surface area contributed by atoms with Gasteiger partial charge in [-0.25, -0.2) is 0 Å². The minimum Gasteiger partial charge on any atom is -0.343 e. The quantitative estimate of drug-likeness (QED) is 0.392. The molecule has 0 amide bonds. The standard InChI is InChI=1S/C14H13Cl2N3S/c15-12-7-6-11(8-13(12)16)19(18,14(17)20)9-10-4-2-1-3-5-10/h1-8H,9,18H2,(H-,17,20)/p+1. The van der Waals surface area contributed by atoms with Crippen LogP contribution in [-0.4, -0.2) is 5.11 Å². The molecule has 2 aromatic carbocycles. The van der Waals surface area contributed by atoms with Gasteiger partial charge in [-0.3, -0.25) is 0 Å². The van der Waals surface area contributed by atoms with E-state index >= 15 is 0 Å². The second-order valence-electron chi connectivity index (χ2n) is 4.45. The molecule has 0 aliphatic heterocycles. The first-order valence-electron chi connectivity index (χ1n) is 5.89. The lowest BCUT2D eigenvalue weighted by atomic mass is 10.2. The van der Waals surface area contributed by atoms with Gasteiger partial charge < -0.3 is 5.73 Å². The number of hydrogen-bond donors (Lipinski definition) is 2. The maximum Gasteiger partial charge on any atom is 0.292 e. The minimum atomic E-state index is -0.198. The zero-order chi connectivity index (χ0) is 14.8. The SMILES string of the molecule is NC(=S)[N+](N)(Cc1ccccc1)c1ccc(Cl)c(Cl)c1. The molecule has 1 atom stereocenters. The highest BCUT2D eigenvalue weighted by molar-refractivity contribution is 7.80. The number of quaternary nitrogens is 1. The number of benzene rings is 2. The Bertz CT molecular complexity index is 634. The van der Waals surface area contributed by atoms with Gasteiger partial charge >= 0.3 is 0 Å². The summed E-state index contributed by atoms with van der Waals surface area (Å²) in [6.45, 7) is 0.439. The van der Waals surface area contributed by atoms with Crippen molar-refractivity contribution in [1.29, 1.82) is 0 Å². The van der Waals surface area contributed by atoms with Gasteiger partial charge in [-0.2, -0.15) is 10.4 Å². The van der Waals surface area contributed by atoms with Crippen molar-refractivity contribution in [2.45, 2.75) is 6.54 Å². The summed E-state index contributed by atoms with van der Waals surface area (Å²) < 4.78 is -0.198. The summed E-state index contributed by atoms with van der Waals surface area (Å²) in [6.07, 6.45) is 0. The fraction of sp³-hybridized carbons (Fsp3) is 0.0714. The Hall–Kier alpha value is -1.17. The number of rotatable bonds is 3. The van der Waals surface area contributed by atoms with Crippen molar-refractivity contribution < 1.29 is 0 Å². The minimum absolute atomic E-state index is 0.159. The highest BCUT2D eigenvalue weighted by atomic mass is 35.5. The topological polar surface area (TPSA) is 52.0 Å². The van der Waals surface area contributed by atoms with Gasteiger partial charge in [0.2, 0.25) is 0 Å². The predicted molar refractivity (Wildman–Crippen MR) is 89.4 cm³/mol. The highest BCUT2D eigenvalue weighted by Crippen LogP contribution is 2.30. The zero-order valence-electron chi connectivity index (χ0n) is 10.6. The van der Waals surface area contributed by atoms with Crippen LogP contribution in [-0.2, 0) is 6.54 Å². The second kappa shape index (κ2) is 6.08. The maximum absolute atomic E-state index is 6.38. The summed E-state index contributed by atoms with van der Waals surface area (Å²) >= 11 is 17.1. The lowest BCUT2D eigenvalue weighted by Gasteiger charge is -2.30. The van der Waals surface area contributed by atoms with Crippen LogP contribution >= 0.6 is 35.4 Å². The molecule has 0 spiro atoms. The summed E-state index contributed by atoms with van der Waals surface area (Å²) in [6, 6.07) is 14.9. The van der Waals surface area contributed by atoms with Gasteiger partial charge in [-0.1, -0.05) is 53.5 Å². The second-order valence-corrected chi connectivity index (χ2v) is 5.68. The van der Waals surface area contributed by atoms with E-state index in [9.17, 15) is 0 Å². The fourth-order valence-electron chi connectivity index (χ4n) is 1.90. The van der Waals surface area contributed by atoms with Crippen molar-refractivity contribution in [2.24, 2.45) is 11.6 Å². The smallest absolute Gasteiger partial charge is 0.292 e. The molecule has 0 saturated heterocycles. The first kappa shape index (κ1) is 15.2. The number of hydrogen-bond acceptors (Lipinski definition) is 2. The molecule has 0 heterocycles. The Kier molecular flexibility index (Phi) is 4.62. The predicted octanol–water partition coefficient (Wildman–Crippen LogP) is 3.62. The van der Waals surface area contributed by atoms with E-state index in [2.05, 4.69) is 0 Å². The number of thiocarbonyl (C=S) groups is 1. The van der Waals surface area contributed by atoms with E-state index in [1.807, 2.05) is 30.3 Å². The lowest BCUT2D eigenvalue weighted by molar-refractivity contribution is 0.425. The van der Waals surface area contributed by atoms with E-state index in [-0.39, 0.29) is 9.70 Å². The fourth-order valence-corrected chi connectivity index (χ4v) is 2.36. The van der Waals surface area contributed by atoms with Crippen LogP contribution in [0.5, 0.6) is 0 Å². The summed E-state index contributed by atoms with van der Waals surface area (Å²) in [5.41, 5.74) is 7.55. The Labute approximate surface area is 133 Å². The van der Waals surface area contributed by atoms with Crippen LogP contribution in [0.25, 0.3) is 0 Å². The number of nitrogens with two attached hydrogens (primary N) is 2. The van der Waals surface area contributed by atoms with E-state index in [0.717, 1.165) is 5.56 Å². The first-order valence-corrected chi connectivity index (χ1v) is 7.06. The normalized spacial score (nSPS) is 13.8. The van der Waals surface area contributed by atoms with Crippen LogP contribution in [0.2, 0.25) is 10.0 Å². The van der Waals surface area contributed by atoms with Gasteiger partial charge in [-0.05, 0) is 6.07 Å². The molecular weight excluding hydrogens is 313 g/mol. The number of halogens is 2. The largest absolute Gasteiger partial charge is 0.343 e. The summed E-state index contributed by atoms with van der Waals surface area (Å²) in [4.78, 5) is 0. The van der Waals surface area contributed by atoms with Crippen molar-refractivity contribution in [1.82, 2.24) is 4.59 Å². The van der Waals surface area contributed by atoms with Crippen LogP contribution in [0.15, 0.2) is 48.5 Å². The molecule has 20 heavy (non-hydrogen) atoms. The molecule has 0 bridgehead atoms. The van der Waals surface area contributed by atoms with Crippen LogP contribution in [0.4, 0.5) is 5.69 Å². The molecule has 0 radical (unpaired) electrons. The summed E-state index contributed by atoms with van der Waals surface area (Å²) in [5, 5.41) is 1.04. The van der Waals surface area contributed by atoms with E-state index in [0.29, 0.717) is 22.3 Å². The Balaban J connectivity index is 2.43. The third kappa shape index (κ3) is 3.11. The molecule has 0 saturated carbocycles. The summed E-state index contributed by atoms with van der Waals surface area (Å²) in [5.74, 6) is 6.38. The molecule has 6 heteroatoms. The molecule has 1 unspecified atom stereocenters. The van der Waals surface area contributed by atoms with Crippen LogP contribution in [0.1, 0.15) is 5.56 Å². The first-order chi connectivity index (χ1) is 9.43. The van der Waals surface area contributed by atoms with Gasteiger partial charge in [0, 0.05) is 29.9 Å². The van der Waals surface area contributed by atoms with Crippen LogP contribution in [0, 0.1) is 0 Å². The highest BCUT2D eigenvalue weighted by Gasteiger charge is 2.32. The molecule has 0 aromatic heterocycles. The molecular formula is C14H14Cl2N3S+. The maximum atomic E-state index is 6.38. The Morgan fingerprint density at radius 1 is 1.05 bits per heavy atom.